The predicted molar refractivity (Wildman–Crippen MR) is 126 cm³/mol. The fourth-order valence-corrected chi connectivity index (χ4v) is 3.88. The zero-order valence-corrected chi connectivity index (χ0v) is 20.1. The molecule has 31 heavy (non-hydrogen) atoms. The van der Waals surface area contributed by atoms with Gasteiger partial charge in [0.15, 0.2) is 0 Å². The Bertz CT molecular complexity index is 671. The third kappa shape index (κ3) is 9.32. The monoisotopic (exact) mass is 430 g/mol. The van der Waals surface area contributed by atoms with Crippen LogP contribution in [0, 0.1) is 0 Å². The Morgan fingerprint density at radius 2 is 1.32 bits per heavy atom. The van der Waals surface area contributed by atoms with Crippen LogP contribution < -0.4 is 0 Å². The van der Waals surface area contributed by atoms with Crippen molar-refractivity contribution in [2.45, 2.75) is 91.1 Å². The molecule has 0 bridgehead atoms. The summed E-state index contributed by atoms with van der Waals surface area (Å²) < 4.78 is 5.42. The fraction of sp³-hybridized carbons (Fsp3) is 0.692. The Kier molecular flexibility index (Phi) is 10.4. The summed E-state index contributed by atoms with van der Waals surface area (Å²) >= 11 is 0. The van der Waals surface area contributed by atoms with E-state index in [0.717, 1.165) is 12.0 Å². The standard InChI is InChI=1S/C26H42N2O3/c1-5-6-7-8-9-10-11-12-13-22-14-16-23(17-15-22)24(29)27-18-20-28(21-19-27)25(30)31-26(2,3)4/h14-17H,5-13,18-21H2,1-4H3. The summed E-state index contributed by atoms with van der Waals surface area (Å²) in [4.78, 5) is 28.5. The molecule has 0 N–H and O–H groups in total. The van der Waals surface area contributed by atoms with Crippen LogP contribution in [0.4, 0.5) is 4.79 Å². The second-order valence-electron chi connectivity index (χ2n) is 9.68. The Morgan fingerprint density at radius 1 is 0.806 bits per heavy atom. The highest BCUT2D eigenvalue weighted by Crippen LogP contribution is 2.16. The number of nitrogens with zero attached hydrogens (tertiary/aromatic N) is 2. The van der Waals surface area contributed by atoms with Crippen LogP contribution in [0.25, 0.3) is 0 Å². The molecule has 1 aromatic rings. The summed E-state index contributed by atoms with van der Waals surface area (Å²) in [5.74, 6) is 0.0440. The third-order valence-corrected chi connectivity index (χ3v) is 5.74. The second kappa shape index (κ2) is 12.7. The summed E-state index contributed by atoms with van der Waals surface area (Å²) in [6.07, 6.45) is 11.4. The summed E-state index contributed by atoms with van der Waals surface area (Å²) in [6.45, 7) is 9.95. The van der Waals surface area contributed by atoms with Gasteiger partial charge in [-0.25, -0.2) is 4.79 Å². The van der Waals surface area contributed by atoms with Crippen molar-refractivity contribution in [3.63, 3.8) is 0 Å². The number of ether oxygens (including phenoxy) is 1. The fourth-order valence-electron chi connectivity index (χ4n) is 3.88. The second-order valence-corrected chi connectivity index (χ2v) is 9.68. The molecule has 0 unspecified atom stereocenters. The van der Waals surface area contributed by atoms with Crippen LogP contribution in [0.5, 0.6) is 0 Å². The van der Waals surface area contributed by atoms with Gasteiger partial charge in [-0.3, -0.25) is 4.79 Å². The molecule has 1 saturated heterocycles. The molecule has 5 heteroatoms. The summed E-state index contributed by atoms with van der Waals surface area (Å²) in [5.41, 5.74) is 1.53. The average Bonchev–Trinajstić information content (AvgIpc) is 2.74. The molecular formula is C26H42N2O3. The number of unbranched alkanes of at least 4 members (excludes halogenated alkanes) is 7. The molecule has 0 saturated carbocycles. The summed E-state index contributed by atoms with van der Waals surface area (Å²) in [7, 11) is 0. The van der Waals surface area contributed by atoms with E-state index in [9.17, 15) is 9.59 Å². The number of benzene rings is 1. The van der Waals surface area contributed by atoms with Crippen molar-refractivity contribution in [2.24, 2.45) is 0 Å². The molecule has 0 atom stereocenters. The zero-order valence-electron chi connectivity index (χ0n) is 20.1. The van der Waals surface area contributed by atoms with E-state index in [1.165, 1.54) is 56.9 Å². The van der Waals surface area contributed by atoms with Gasteiger partial charge in [-0.1, -0.05) is 64.0 Å². The maximum Gasteiger partial charge on any atom is 0.410 e. The van der Waals surface area contributed by atoms with Crippen LogP contribution in [0.3, 0.4) is 0 Å². The Labute approximate surface area is 189 Å². The van der Waals surface area contributed by atoms with Gasteiger partial charge in [-0.15, -0.1) is 0 Å². The Hall–Kier alpha value is -2.04. The van der Waals surface area contributed by atoms with Crippen LogP contribution in [-0.4, -0.2) is 53.6 Å². The van der Waals surface area contributed by atoms with E-state index in [-0.39, 0.29) is 12.0 Å². The highest BCUT2D eigenvalue weighted by molar-refractivity contribution is 5.94. The Balaban J connectivity index is 1.69. The van der Waals surface area contributed by atoms with Gasteiger partial charge in [0.2, 0.25) is 0 Å². The number of piperazine rings is 1. The summed E-state index contributed by atoms with van der Waals surface area (Å²) in [6, 6.07) is 8.07. The van der Waals surface area contributed by atoms with Gasteiger partial charge in [0.25, 0.3) is 5.91 Å². The molecule has 1 aliphatic heterocycles. The predicted octanol–water partition coefficient (Wildman–Crippen LogP) is 6.06. The average molecular weight is 431 g/mol. The van der Waals surface area contributed by atoms with Gasteiger partial charge in [0, 0.05) is 31.7 Å². The smallest absolute Gasteiger partial charge is 0.410 e. The van der Waals surface area contributed by atoms with Crippen LogP contribution in [-0.2, 0) is 11.2 Å². The van der Waals surface area contributed by atoms with Gasteiger partial charge in [0.1, 0.15) is 5.60 Å². The van der Waals surface area contributed by atoms with E-state index in [1.54, 1.807) is 4.90 Å². The molecular weight excluding hydrogens is 388 g/mol. The molecule has 1 fully saturated rings. The van der Waals surface area contributed by atoms with E-state index in [0.29, 0.717) is 26.2 Å². The number of rotatable bonds is 10. The number of hydrogen-bond acceptors (Lipinski definition) is 3. The van der Waals surface area contributed by atoms with Crippen LogP contribution in [0.15, 0.2) is 24.3 Å². The molecule has 0 aliphatic carbocycles. The normalized spacial score (nSPS) is 14.6. The van der Waals surface area contributed by atoms with E-state index in [4.69, 9.17) is 4.74 Å². The zero-order chi connectivity index (χ0) is 22.7. The molecule has 174 valence electrons. The van der Waals surface area contributed by atoms with Crippen LogP contribution >= 0.6 is 0 Å². The Morgan fingerprint density at radius 3 is 1.87 bits per heavy atom. The third-order valence-electron chi connectivity index (χ3n) is 5.74. The van der Waals surface area contributed by atoms with Crippen molar-refractivity contribution in [3.8, 4) is 0 Å². The lowest BCUT2D eigenvalue weighted by Crippen LogP contribution is -2.51. The maximum atomic E-state index is 12.8. The first-order valence-electron chi connectivity index (χ1n) is 12.2. The number of carbonyl (C=O) groups excluding carboxylic acids is 2. The van der Waals surface area contributed by atoms with Crippen molar-refractivity contribution < 1.29 is 14.3 Å². The molecule has 1 aliphatic rings. The number of amides is 2. The number of aryl methyl sites for hydroxylation is 1. The van der Waals surface area contributed by atoms with Gasteiger partial charge in [-0.2, -0.15) is 0 Å². The first-order chi connectivity index (χ1) is 14.8. The molecule has 0 radical (unpaired) electrons. The van der Waals surface area contributed by atoms with Crippen LogP contribution in [0.2, 0.25) is 0 Å². The van der Waals surface area contributed by atoms with Gasteiger partial charge in [-0.05, 0) is 51.3 Å². The first-order valence-corrected chi connectivity index (χ1v) is 12.2. The molecule has 5 nitrogen and oxygen atoms in total. The minimum absolute atomic E-state index is 0.0440. The van der Waals surface area contributed by atoms with Crippen molar-refractivity contribution in [1.29, 1.82) is 0 Å². The molecule has 0 spiro atoms. The number of carbonyl (C=O) groups is 2. The van der Waals surface area contributed by atoms with Crippen molar-refractivity contribution in [1.82, 2.24) is 9.80 Å². The highest BCUT2D eigenvalue weighted by atomic mass is 16.6. The SMILES string of the molecule is CCCCCCCCCCc1ccc(C(=O)N2CCN(C(=O)OC(C)(C)C)CC2)cc1. The lowest BCUT2D eigenvalue weighted by atomic mass is 10.0. The first kappa shape index (κ1) is 25.2. The largest absolute Gasteiger partial charge is 0.444 e. The van der Waals surface area contributed by atoms with Crippen molar-refractivity contribution >= 4 is 12.0 Å². The summed E-state index contributed by atoms with van der Waals surface area (Å²) in [5, 5.41) is 0. The van der Waals surface area contributed by atoms with E-state index >= 15 is 0 Å². The molecule has 0 aromatic heterocycles. The van der Waals surface area contributed by atoms with Gasteiger partial charge in [0.05, 0.1) is 0 Å². The molecule has 1 aromatic carbocycles. The number of hydrogen-bond donors (Lipinski definition) is 0. The lowest BCUT2D eigenvalue weighted by Gasteiger charge is -2.35. The maximum absolute atomic E-state index is 12.8. The molecule has 1 heterocycles. The van der Waals surface area contributed by atoms with Gasteiger partial charge < -0.3 is 14.5 Å². The minimum Gasteiger partial charge on any atom is -0.444 e. The van der Waals surface area contributed by atoms with Crippen molar-refractivity contribution in [3.05, 3.63) is 35.4 Å². The van der Waals surface area contributed by atoms with E-state index < -0.39 is 5.60 Å². The van der Waals surface area contributed by atoms with E-state index in [2.05, 4.69) is 19.1 Å². The van der Waals surface area contributed by atoms with E-state index in [1.807, 2.05) is 37.8 Å². The van der Waals surface area contributed by atoms with Crippen molar-refractivity contribution in [2.75, 3.05) is 26.2 Å². The lowest BCUT2D eigenvalue weighted by molar-refractivity contribution is 0.0141. The minimum atomic E-state index is -0.500. The molecule has 2 amide bonds. The van der Waals surface area contributed by atoms with Crippen LogP contribution in [0.1, 0.15) is 95.0 Å². The quantitative estimate of drug-likeness (QED) is 0.424. The topological polar surface area (TPSA) is 49.9 Å². The van der Waals surface area contributed by atoms with Gasteiger partial charge >= 0.3 is 6.09 Å². The molecule has 2 rings (SSSR count). The highest BCUT2D eigenvalue weighted by Gasteiger charge is 2.28.